The Balaban J connectivity index is 2.13. The number of nitrogens with zero attached hydrogens (tertiary/aromatic N) is 1. The van der Waals surface area contributed by atoms with Crippen molar-refractivity contribution in [3.05, 3.63) is 59.7 Å². The number of rotatable bonds is 3. The van der Waals surface area contributed by atoms with E-state index >= 15 is 0 Å². The first-order chi connectivity index (χ1) is 8.78. The third kappa shape index (κ3) is 3.17. The molecule has 0 saturated heterocycles. The molecule has 0 fully saturated rings. The molecule has 3 nitrogen and oxygen atoms in total. The Labute approximate surface area is 105 Å². The van der Waals surface area contributed by atoms with Gasteiger partial charge < -0.3 is 5.73 Å². The molecule has 2 N–H and O–H groups in total. The highest BCUT2D eigenvalue weighted by molar-refractivity contribution is 5.71. The normalized spacial score (nSPS) is 10.2. The fourth-order valence-electron chi connectivity index (χ4n) is 1.51. The quantitative estimate of drug-likeness (QED) is 0.384. The van der Waals surface area contributed by atoms with Crippen molar-refractivity contribution in [3.63, 3.8) is 0 Å². The van der Waals surface area contributed by atoms with Gasteiger partial charge in [0.25, 0.3) is 0 Å². The summed E-state index contributed by atoms with van der Waals surface area (Å²) in [6.45, 7) is 0. The van der Waals surface area contributed by atoms with Gasteiger partial charge in [-0.1, -0.05) is 36.4 Å². The van der Waals surface area contributed by atoms with E-state index in [1.54, 1.807) is 12.1 Å². The lowest BCUT2D eigenvalue weighted by molar-refractivity contribution is 0.565. The Morgan fingerprint density at radius 3 is 1.89 bits per heavy atom. The van der Waals surface area contributed by atoms with Crippen molar-refractivity contribution in [2.75, 3.05) is 5.73 Å². The maximum absolute atomic E-state index is 10.1. The second-order valence-electron chi connectivity index (χ2n) is 3.79. The van der Waals surface area contributed by atoms with Gasteiger partial charge in [-0.2, -0.15) is 4.99 Å². The van der Waals surface area contributed by atoms with Crippen molar-refractivity contribution >= 4 is 29.6 Å². The van der Waals surface area contributed by atoms with Gasteiger partial charge in [-0.15, -0.1) is 0 Å². The van der Waals surface area contributed by atoms with E-state index in [4.69, 9.17) is 5.73 Å². The number of hydrogen-bond donors (Lipinski definition) is 1. The fraction of sp³-hybridized carbons (Fsp3) is 0. The maximum Gasteiger partial charge on any atom is 0.240 e. The van der Waals surface area contributed by atoms with Gasteiger partial charge in [0.2, 0.25) is 6.08 Å². The smallest absolute Gasteiger partial charge is 0.240 e. The molecule has 88 valence electrons. The molecular formula is C15H12N2O. The number of anilines is 1. The largest absolute Gasteiger partial charge is 0.399 e. The lowest BCUT2D eigenvalue weighted by atomic mass is 10.1. The van der Waals surface area contributed by atoms with Crippen molar-refractivity contribution in [2.24, 2.45) is 4.99 Å². The van der Waals surface area contributed by atoms with Gasteiger partial charge in [0.05, 0.1) is 5.69 Å². The number of hydrogen-bond acceptors (Lipinski definition) is 3. The minimum absolute atomic E-state index is 0.606. The van der Waals surface area contributed by atoms with Crippen LogP contribution >= 0.6 is 0 Å². The van der Waals surface area contributed by atoms with Crippen molar-refractivity contribution in [3.8, 4) is 0 Å². The number of nitrogen functional groups attached to an aromatic ring is 1. The summed E-state index contributed by atoms with van der Waals surface area (Å²) >= 11 is 0. The molecule has 2 rings (SSSR count). The van der Waals surface area contributed by atoms with Crippen molar-refractivity contribution in [1.82, 2.24) is 0 Å². The monoisotopic (exact) mass is 236 g/mol. The number of nitrogens with two attached hydrogens (primary N) is 1. The fourth-order valence-corrected chi connectivity index (χ4v) is 1.51. The third-order valence-electron chi connectivity index (χ3n) is 2.47. The predicted octanol–water partition coefficient (Wildman–Crippen LogP) is 3.41. The lowest BCUT2D eigenvalue weighted by Crippen LogP contribution is -1.82. The molecule has 0 aliphatic heterocycles. The summed E-state index contributed by atoms with van der Waals surface area (Å²) < 4.78 is 0. The second kappa shape index (κ2) is 5.62. The maximum atomic E-state index is 10.1. The summed E-state index contributed by atoms with van der Waals surface area (Å²) in [6.07, 6.45) is 5.50. The van der Waals surface area contributed by atoms with Crippen LogP contribution < -0.4 is 5.73 Å². The summed E-state index contributed by atoms with van der Waals surface area (Å²) in [7, 11) is 0. The van der Waals surface area contributed by atoms with Gasteiger partial charge in [0.15, 0.2) is 0 Å². The Morgan fingerprint density at radius 2 is 1.39 bits per heavy atom. The Morgan fingerprint density at radius 1 is 0.889 bits per heavy atom. The summed E-state index contributed by atoms with van der Waals surface area (Å²) in [4.78, 5) is 13.6. The molecule has 0 aliphatic carbocycles. The molecular weight excluding hydrogens is 224 g/mol. The van der Waals surface area contributed by atoms with Crippen LogP contribution in [0.2, 0.25) is 0 Å². The van der Waals surface area contributed by atoms with Crippen molar-refractivity contribution in [1.29, 1.82) is 0 Å². The molecule has 0 amide bonds. The summed E-state index contributed by atoms with van der Waals surface area (Å²) in [6, 6.07) is 15.0. The van der Waals surface area contributed by atoms with Crippen LogP contribution in [0.15, 0.2) is 53.5 Å². The topological polar surface area (TPSA) is 55.4 Å². The lowest BCUT2D eigenvalue weighted by Gasteiger charge is -1.96. The number of benzene rings is 2. The molecule has 3 heteroatoms. The van der Waals surface area contributed by atoms with Crippen LogP contribution in [0.5, 0.6) is 0 Å². The van der Waals surface area contributed by atoms with E-state index < -0.39 is 0 Å². The molecule has 18 heavy (non-hydrogen) atoms. The molecule has 0 heterocycles. The van der Waals surface area contributed by atoms with Gasteiger partial charge in [-0.05, 0) is 35.4 Å². The molecule has 0 unspecified atom stereocenters. The highest BCUT2D eigenvalue weighted by Crippen LogP contribution is 2.15. The van der Waals surface area contributed by atoms with Crippen LogP contribution in [0.1, 0.15) is 11.1 Å². The minimum Gasteiger partial charge on any atom is -0.399 e. The summed E-state index contributed by atoms with van der Waals surface area (Å²) in [5.41, 5.74) is 9.09. The standard InChI is InChI=1S/C15H12N2O/c16-14-7-3-12(4-8-14)1-2-13-5-9-15(10-6-13)17-11-18/h1-10H,16H2. The average molecular weight is 236 g/mol. The van der Waals surface area contributed by atoms with Crippen LogP contribution in [-0.4, -0.2) is 6.08 Å². The average Bonchev–Trinajstić information content (AvgIpc) is 2.40. The zero-order chi connectivity index (χ0) is 12.8. The molecule has 0 atom stereocenters. The predicted molar refractivity (Wildman–Crippen MR) is 74.0 cm³/mol. The number of isocyanates is 1. The Kier molecular flexibility index (Phi) is 3.69. The molecule has 0 radical (unpaired) electrons. The van der Waals surface area contributed by atoms with Crippen molar-refractivity contribution < 1.29 is 4.79 Å². The Hall–Kier alpha value is -2.64. The zero-order valence-corrected chi connectivity index (χ0v) is 9.71. The van der Waals surface area contributed by atoms with Crippen LogP contribution in [0, 0.1) is 0 Å². The van der Waals surface area contributed by atoms with E-state index in [1.165, 1.54) is 6.08 Å². The highest BCUT2D eigenvalue weighted by atomic mass is 16.1. The molecule has 0 saturated carbocycles. The first-order valence-electron chi connectivity index (χ1n) is 5.49. The summed E-state index contributed by atoms with van der Waals surface area (Å²) in [5.74, 6) is 0. The van der Waals surface area contributed by atoms with Crippen LogP contribution in [0.4, 0.5) is 11.4 Å². The van der Waals surface area contributed by atoms with Gasteiger partial charge in [-0.3, -0.25) is 0 Å². The van der Waals surface area contributed by atoms with E-state index in [1.807, 2.05) is 48.6 Å². The second-order valence-corrected chi connectivity index (χ2v) is 3.79. The van der Waals surface area contributed by atoms with Crippen LogP contribution in [0.3, 0.4) is 0 Å². The van der Waals surface area contributed by atoms with E-state index in [2.05, 4.69) is 4.99 Å². The van der Waals surface area contributed by atoms with E-state index in [9.17, 15) is 4.79 Å². The van der Waals surface area contributed by atoms with Gasteiger partial charge >= 0.3 is 0 Å². The SMILES string of the molecule is Nc1ccc(C=Cc2ccc(N=C=O)cc2)cc1. The zero-order valence-electron chi connectivity index (χ0n) is 9.71. The van der Waals surface area contributed by atoms with Crippen molar-refractivity contribution in [2.45, 2.75) is 0 Å². The van der Waals surface area contributed by atoms with Gasteiger partial charge in [0, 0.05) is 5.69 Å². The molecule has 2 aromatic carbocycles. The Bertz CT molecular complexity index is 591. The van der Waals surface area contributed by atoms with Gasteiger partial charge in [-0.25, -0.2) is 4.79 Å². The first kappa shape index (κ1) is 11.8. The highest BCUT2D eigenvalue weighted by Gasteiger charge is 1.90. The van der Waals surface area contributed by atoms with Gasteiger partial charge in [0.1, 0.15) is 0 Å². The molecule has 0 aromatic heterocycles. The van der Waals surface area contributed by atoms with Crippen LogP contribution in [0.25, 0.3) is 12.2 Å². The molecule has 2 aromatic rings. The van der Waals surface area contributed by atoms with E-state index in [0.29, 0.717) is 5.69 Å². The number of aliphatic imine (C=N–C) groups is 1. The van der Waals surface area contributed by atoms with Crippen LogP contribution in [-0.2, 0) is 4.79 Å². The molecule has 0 bridgehead atoms. The minimum atomic E-state index is 0.606. The van der Waals surface area contributed by atoms with E-state index in [0.717, 1.165) is 16.8 Å². The summed E-state index contributed by atoms with van der Waals surface area (Å²) in [5, 5.41) is 0. The number of carbonyl (C=O) groups excluding carboxylic acids is 1. The first-order valence-corrected chi connectivity index (χ1v) is 5.49. The molecule has 0 aliphatic rings. The third-order valence-corrected chi connectivity index (χ3v) is 2.47. The van der Waals surface area contributed by atoms with E-state index in [-0.39, 0.29) is 0 Å². The molecule has 0 spiro atoms.